The highest BCUT2D eigenvalue weighted by Crippen LogP contribution is 2.33. The summed E-state index contributed by atoms with van der Waals surface area (Å²) in [5.41, 5.74) is 8.92. The molecule has 0 amide bonds. The van der Waals surface area contributed by atoms with Crippen LogP contribution in [-0.4, -0.2) is 33.1 Å². The first kappa shape index (κ1) is 15.5. The number of anilines is 1. The van der Waals surface area contributed by atoms with Crippen LogP contribution < -0.4 is 10.5 Å². The van der Waals surface area contributed by atoms with Crippen molar-refractivity contribution in [3.63, 3.8) is 0 Å². The van der Waals surface area contributed by atoms with Gasteiger partial charge in [0.2, 0.25) is 5.95 Å². The average molecular weight is 324 g/mol. The van der Waals surface area contributed by atoms with E-state index in [1.807, 2.05) is 25.1 Å². The van der Waals surface area contributed by atoms with Crippen molar-refractivity contribution in [1.82, 2.24) is 15.0 Å². The number of carboxylic acid groups (broad SMARTS) is 1. The highest BCUT2D eigenvalue weighted by molar-refractivity contribution is 5.97. The van der Waals surface area contributed by atoms with Crippen molar-refractivity contribution in [1.29, 1.82) is 0 Å². The molecule has 0 spiro atoms. The van der Waals surface area contributed by atoms with Crippen LogP contribution in [0, 0.1) is 6.92 Å². The summed E-state index contributed by atoms with van der Waals surface area (Å²) in [6, 6.07) is 8.69. The lowest BCUT2D eigenvalue weighted by Crippen LogP contribution is -1.98. The summed E-state index contributed by atoms with van der Waals surface area (Å²) >= 11 is 0. The highest BCUT2D eigenvalue weighted by atomic mass is 16.5. The Bertz CT molecular complexity index is 918. The van der Waals surface area contributed by atoms with Crippen LogP contribution in [0.2, 0.25) is 0 Å². The number of carbonyl (C=O) groups is 1. The van der Waals surface area contributed by atoms with Crippen molar-refractivity contribution in [2.45, 2.75) is 6.92 Å². The first-order valence-corrected chi connectivity index (χ1v) is 7.20. The number of ether oxygens (including phenoxy) is 1. The minimum Gasteiger partial charge on any atom is -0.496 e. The van der Waals surface area contributed by atoms with Gasteiger partial charge in [0.1, 0.15) is 5.75 Å². The van der Waals surface area contributed by atoms with Crippen LogP contribution in [0.4, 0.5) is 5.95 Å². The van der Waals surface area contributed by atoms with Gasteiger partial charge in [-0.1, -0.05) is 12.1 Å². The molecule has 0 aliphatic heterocycles. The van der Waals surface area contributed by atoms with Gasteiger partial charge < -0.3 is 20.6 Å². The molecule has 0 fully saturated rings. The van der Waals surface area contributed by atoms with Gasteiger partial charge in [0.05, 0.1) is 29.8 Å². The second-order valence-electron chi connectivity index (χ2n) is 5.21. The van der Waals surface area contributed by atoms with Crippen LogP contribution in [0.5, 0.6) is 5.75 Å². The molecule has 0 aliphatic carbocycles. The Balaban J connectivity index is 2.20. The summed E-state index contributed by atoms with van der Waals surface area (Å²) in [6.07, 6.45) is 1.52. The van der Waals surface area contributed by atoms with Crippen LogP contribution in [0.25, 0.3) is 22.6 Å². The van der Waals surface area contributed by atoms with Crippen LogP contribution >= 0.6 is 0 Å². The number of rotatable bonds is 4. The Morgan fingerprint density at radius 1 is 1.33 bits per heavy atom. The third kappa shape index (κ3) is 2.67. The van der Waals surface area contributed by atoms with E-state index >= 15 is 0 Å². The predicted octanol–water partition coefficient (Wildman–Crippen LogP) is 2.74. The Labute approximate surface area is 138 Å². The minimum absolute atomic E-state index is 0.123. The molecule has 3 rings (SSSR count). The van der Waals surface area contributed by atoms with Gasteiger partial charge in [-0.15, -0.1) is 0 Å². The fourth-order valence-corrected chi connectivity index (χ4v) is 2.60. The number of aromatic carboxylic acids is 1. The zero-order chi connectivity index (χ0) is 17.3. The fourth-order valence-electron chi connectivity index (χ4n) is 2.60. The molecule has 0 atom stereocenters. The van der Waals surface area contributed by atoms with Gasteiger partial charge in [0.25, 0.3) is 0 Å². The number of hydrogen-bond acceptors (Lipinski definition) is 5. The lowest BCUT2D eigenvalue weighted by atomic mass is 10.0. The molecular weight excluding hydrogens is 308 g/mol. The zero-order valence-corrected chi connectivity index (χ0v) is 13.2. The molecule has 7 nitrogen and oxygen atoms in total. The quantitative estimate of drug-likeness (QED) is 0.680. The second-order valence-corrected chi connectivity index (χ2v) is 5.21. The van der Waals surface area contributed by atoms with E-state index in [2.05, 4.69) is 15.0 Å². The highest BCUT2D eigenvalue weighted by Gasteiger charge is 2.19. The van der Waals surface area contributed by atoms with E-state index in [1.165, 1.54) is 6.20 Å². The van der Waals surface area contributed by atoms with E-state index in [0.29, 0.717) is 22.8 Å². The number of aromatic amines is 1. The summed E-state index contributed by atoms with van der Waals surface area (Å²) < 4.78 is 5.32. The first-order valence-electron chi connectivity index (χ1n) is 7.20. The van der Waals surface area contributed by atoms with Crippen LogP contribution in [0.1, 0.15) is 15.9 Å². The normalized spacial score (nSPS) is 10.6. The third-order valence-electron chi connectivity index (χ3n) is 3.77. The van der Waals surface area contributed by atoms with E-state index in [9.17, 15) is 9.90 Å². The van der Waals surface area contributed by atoms with E-state index < -0.39 is 5.97 Å². The number of H-pyrrole nitrogens is 1. The molecule has 0 radical (unpaired) electrons. The van der Waals surface area contributed by atoms with Gasteiger partial charge in [-0.25, -0.2) is 14.8 Å². The van der Waals surface area contributed by atoms with Crippen molar-refractivity contribution >= 4 is 11.9 Å². The summed E-state index contributed by atoms with van der Waals surface area (Å²) in [5, 5.41) is 9.55. The van der Waals surface area contributed by atoms with E-state index in [1.54, 1.807) is 19.2 Å². The lowest BCUT2D eigenvalue weighted by Gasteiger charge is -2.10. The van der Waals surface area contributed by atoms with E-state index in [4.69, 9.17) is 10.5 Å². The number of benzene rings is 1. The second kappa shape index (κ2) is 6.04. The summed E-state index contributed by atoms with van der Waals surface area (Å²) in [5.74, 6) is -0.221. The van der Waals surface area contributed by atoms with Crippen molar-refractivity contribution < 1.29 is 14.6 Å². The van der Waals surface area contributed by atoms with Crippen LogP contribution in [-0.2, 0) is 0 Å². The Morgan fingerprint density at radius 3 is 2.79 bits per heavy atom. The molecule has 2 aromatic heterocycles. The maximum Gasteiger partial charge on any atom is 0.337 e. The summed E-state index contributed by atoms with van der Waals surface area (Å²) in [4.78, 5) is 22.8. The number of nitrogens with two attached hydrogens (primary N) is 1. The third-order valence-corrected chi connectivity index (χ3v) is 3.77. The van der Waals surface area contributed by atoms with Gasteiger partial charge in [-0.3, -0.25) is 0 Å². The maximum absolute atomic E-state index is 11.7. The average Bonchev–Trinajstić information content (AvgIpc) is 3.00. The SMILES string of the molecule is COc1cccc(-c2[nH]c(-c3ccnc(N)n3)cc2C(=O)O)c1C. The minimum atomic E-state index is -1.03. The molecule has 0 bridgehead atoms. The number of carboxylic acids is 1. The van der Waals surface area contributed by atoms with Gasteiger partial charge in [0, 0.05) is 17.3 Å². The number of methoxy groups -OCH3 is 1. The zero-order valence-electron chi connectivity index (χ0n) is 13.2. The summed E-state index contributed by atoms with van der Waals surface area (Å²) in [6.45, 7) is 1.88. The molecule has 2 heterocycles. The van der Waals surface area contributed by atoms with Gasteiger partial charge in [-0.2, -0.15) is 0 Å². The molecule has 3 aromatic rings. The molecule has 0 unspecified atom stereocenters. The van der Waals surface area contributed by atoms with Crippen molar-refractivity contribution in [3.05, 3.63) is 47.7 Å². The van der Waals surface area contributed by atoms with Gasteiger partial charge in [-0.05, 0) is 25.1 Å². The van der Waals surface area contributed by atoms with E-state index in [0.717, 1.165) is 11.1 Å². The summed E-state index contributed by atoms with van der Waals surface area (Å²) in [7, 11) is 1.58. The molecule has 4 N–H and O–H groups in total. The topological polar surface area (TPSA) is 114 Å². The monoisotopic (exact) mass is 324 g/mol. The lowest BCUT2D eigenvalue weighted by molar-refractivity contribution is 0.0698. The smallest absolute Gasteiger partial charge is 0.337 e. The van der Waals surface area contributed by atoms with Crippen molar-refractivity contribution in [3.8, 4) is 28.4 Å². The number of aromatic nitrogens is 3. The molecular formula is C17H16N4O3. The largest absolute Gasteiger partial charge is 0.496 e. The fraction of sp³-hybridized carbons (Fsp3) is 0.118. The Kier molecular flexibility index (Phi) is 3.91. The Hall–Kier alpha value is -3.35. The number of nitrogen functional groups attached to an aromatic ring is 1. The predicted molar refractivity (Wildman–Crippen MR) is 89.9 cm³/mol. The van der Waals surface area contributed by atoms with Crippen LogP contribution in [0.3, 0.4) is 0 Å². The van der Waals surface area contributed by atoms with E-state index in [-0.39, 0.29) is 11.5 Å². The van der Waals surface area contributed by atoms with Crippen molar-refractivity contribution in [2.75, 3.05) is 12.8 Å². The van der Waals surface area contributed by atoms with Gasteiger partial charge in [0.15, 0.2) is 0 Å². The molecule has 7 heteroatoms. The van der Waals surface area contributed by atoms with Crippen LogP contribution in [0.15, 0.2) is 36.5 Å². The molecule has 0 aliphatic rings. The standard InChI is InChI=1S/C17H16N4O3/c1-9-10(4-3-5-14(9)24-2)15-11(16(22)23)8-13(20-15)12-6-7-19-17(18)21-12/h3-8,20H,1-2H3,(H,22,23)(H2,18,19,21). The number of nitrogens with one attached hydrogen (secondary N) is 1. The molecule has 122 valence electrons. The Morgan fingerprint density at radius 2 is 2.12 bits per heavy atom. The molecule has 24 heavy (non-hydrogen) atoms. The number of hydrogen-bond donors (Lipinski definition) is 3. The van der Waals surface area contributed by atoms with Crippen molar-refractivity contribution in [2.24, 2.45) is 0 Å². The first-order chi connectivity index (χ1) is 11.5. The number of nitrogens with zero attached hydrogens (tertiary/aromatic N) is 2. The van der Waals surface area contributed by atoms with Gasteiger partial charge >= 0.3 is 5.97 Å². The molecule has 0 saturated carbocycles. The molecule has 0 saturated heterocycles. The maximum atomic E-state index is 11.7. The molecule has 1 aromatic carbocycles.